The predicted octanol–water partition coefficient (Wildman–Crippen LogP) is 2.79. The first-order chi connectivity index (χ1) is 6.20. The van der Waals surface area contributed by atoms with E-state index in [4.69, 9.17) is 4.42 Å². The van der Waals surface area contributed by atoms with Crippen LogP contribution >= 0.6 is 0 Å². The van der Waals surface area contributed by atoms with E-state index in [2.05, 4.69) is 0 Å². The van der Waals surface area contributed by atoms with E-state index in [1.807, 2.05) is 31.2 Å². The molecule has 13 heavy (non-hydrogen) atoms. The van der Waals surface area contributed by atoms with E-state index < -0.39 is 6.10 Å². The molecule has 0 saturated carbocycles. The predicted molar refractivity (Wildman–Crippen MR) is 51.6 cm³/mol. The van der Waals surface area contributed by atoms with Gasteiger partial charge < -0.3 is 9.52 Å². The molecule has 0 spiro atoms. The van der Waals surface area contributed by atoms with Crippen LogP contribution in [0.1, 0.15) is 24.4 Å². The average Bonchev–Trinajstić information content (AvgIpc) is 2.45. The molecule has 0 aliphatic rings. The molecule has 0 fully saturated rings. The minimum absolute atomic E-state index is 0.535. The Morgan fingerprint density at radius 3 is 2.62 bits per heavy atom. The van der Waals surface area contributed by atoms with E-state index in [0.29, 0.717) is 5.76 Å². The van der Waals surface area contributed by atoms with E-state index in [0.717, 1.165) is 16.5 Å². The van der Waals surface area contributed by atoms with Crippen molar-refractivity contribution < 1.29 is 9.52 Å². The number of rotatable bonds is 1. The summed E-state index contributed by atoms with van der Waals surface area (Å²) in [6, 6.07) is 7.81. The largest absolute Gasteiger partial charge is 0.458 e. The number of aliphatic hydroxyl groups is 1. The van der Waals surface area contributed by atoms with Crippen molar-refractivity contribution in [2.24, 2.45) is 0 Å². The summed E-state index contributed by atoms with van der Waals surface area (Å²) in [5.41, 5.74) is 1.88. The van der Waals surface area contributed by atoms with Gasteiger partial charge in [0.05, 0.1) is 0 Å². The van der Waals surface area contributed by atoms with Gasteiger partial charge in [0, 0.05) is 10.9 Å². The van der Waals surface area contributed by atoms with E-state index in [1.165, 1.54) is 0 Å². The first kappa shape index (κ1) is 8.32. The maximum Gasteiger partial charge on any atom is 0.136 e. The first-order valence-electron chi connectivity index (χ1n) is 4.36. The van der Waals surface area contributed by atoms with Crippen LogP contribution in [0.4, 0.5) is 0 Å². The van der Waals surface area contributed by atoms with E-state index in [1.54, 1.807) is 6.92 Å². The summed E-state index contributed by atoms with van der Waals surface area (Å²) in [7, 11) is 0. The summed E-state index contributed by atoms with van der Waals surface area (Å²) in [6.07, 6.45) is -0.535. The van der Waals surface area contributed by atoms with Crippen LogP contribution in [0.25, 0.3) is 11.0 Å². The lowest BCUT2D eigenvalue weighted by molar-refractivity contribution is 0.171. The Balaban J connectivity index is 2.74. The van der Waals surface area contributed by atoms with Gasteiger partial charge in [-0.3, -0.25) is 0 Å². The molecule has 68 valence electrons. The monoisotopic (exact) mass is 176 g/mol. The number of fused-ring (bicyclic) bond motifs is 1. The summed E-state index contributed by atoms with van der Waals surface area (Å²) in [5, 5.41) is 10.5. The maximum atomic E-state index is 9.41. The number of hydrogen-bond donors (Lipinski definition) is 1. The van der Waals surface area contributed by atoms with Gasteiger partial charge in [0.15, 0.2) is 0 Å². The molecular formula is C11H12O2. The van der Waals surface area contributed by atoms with Crippen LogP contribution in [-0.4, -0.2) is 5.11 Å². The quantitative estimate of drug-likeness (QED) is 0.724. The van der Waals surface area contributed by atoms with E-state index >= 15 is 0 Å². The molecule has 1 aromatic heterocycles. The van der Waals surface area contributed by atoms with E-state index in [9.17, 15) is 5.11 Å². The Labute approximate surface area is 76.8 Å². The lowest BCUT2D eigenvalue weighted by atomic mass is 10.1. The minimum atomic E-state index is -0.535. The molecule has 0 bridgehead atoms. The number of aryl methyl sites for hydroxylation is 1. The fourth-order valence-electron chi connectivity index (χ4n) is 1.59. The molecule has 2 rings (SSSR count). The van der Waals surface area contributed by atoms with Gasteiger partial charge in [-0.25, -0.2) is 0 Å². The van der Waals surface area contributed by atoms with Crippen molar-refractivity contribution in [3.63, 3.8) is 0 Å². The standard InChI is InChI=1S/C11H12O2/c1-7-9-5-3-4-6-10(9)13-11(7)8(2)12/h3-6,8,12H,1-2H3/t8-/m0/s1. The molecule has 1 heterocycles. The lowest BCUT2D eigenvalue weighted by Crippen LogP contribution is -1.89. The number of hydrogen-bond acceptors (Lipinski definition) is 2. The maximum absolute atomic E-state index is 9.41. The van der Waals surface area contributed by atoms with Gasteiger partial charge in [-0.15, -0.1) is 0 Å². The highest BCUT2D eigenvalue weighted by atomic mass is 16.4. The average molecular weight is 176 g/mol. The second-order valence-corrected chi connectivity index (χ2v) is 3.26. The van der Waals surface area contributed by atoms with Crippen molar-refractivity contribution in [2.45, 2.75) is 20.0 Å². The zero-order valence-electron chi connectivity index (χ0n) is 7.74. The first-order valence-corrected chi connectivity index (χ1v) is 4.36. The Morgan fingerprint density at radius 1 is 1.31 bits per heavy atom. The van der Waals surface area contributed by atoms with Crippen molar-refractivity contribution in [2.75, 3.05) is 0 Å². The highest BCUT2D eigenvalue weighted by Crippen LogP contribution is 2.28. The van der Waals surface area contributed by atoms with Gasteiger partial charge in [0.25, 0.3) is 0 Å². The molecule has 0 radical (unpaired) electrons. The SMILES string of the molecule is Cc1c([C@H](C)O)oc2ccccc12. The van der Waals surface area contributed by atoms with Crippen LogP contribution in [0, 0.1) is 6.92 Å². The fourth-order valence-corrected chi connectivity index (χ4v) is 1.59. The third-order valence-corrected chi connectivity index (χ3v) is 2.26. The zero-order chi connectivity index (χ0) is 9.42. The van der Waals surface area contributed by atoms with Crippen LogP contribution in [0.5, 0.6) is 0 Å². The number of benzene rings is 1. The van der Waals surface area contributed by atoms with Crippen LogP contribution in [0.15, 0.2) is 28.7 Å². The number of furan rings is 1. The highest BCUT2D eigenvalue weighted by molar-refractivity contribution is 5.81. The summed E-state index contributed by atoms with van der Waals surface area (Å²) >= 11 is 0. The normalized spacial score (nSPS) is 13.5. The summed E-state index contributed by atoms with van der Waals surface area (Å²) < 4.78 is 5.51. The molecule has 0 amide bonds. The Bertz CT molecular complexity index is 427. The molecule has 1 N–H and O–H groups in total. The Kier molecular flexibility index (Phi) is 1.85. The van der Waals surface area contributed by atoms with E-state index in [-0.39, 0.29) is 0 Å². The zero-order valence-corrected chi connectivity index (χ0v) is 7.74. The molecule has 2 aromatic rings. The fraction of sp³-hybridized carbons (Fsp3) is 0.273. The van der Waals surface area contributed by atoms with Crippen molar-refractivity contribution in [1.82, 2.24) is 0 Å². The molecule has 0 aliphatic heterocycles. The Hall–Kier alpha value is -1.28. The van der Waals surface area contributed by atoms with Crippen LogP contribution in [-0.2, 0) is 0 Å². The van der Waals surface area contributed by atoms with Gasteiger partial charge in [0.1, 0.15) is 17.4 Å². The van der Waals surface area contributed by atoms with Crippen LogP contribution in [0.3, 0.4) is 0 Å². The van der Waals surface area contributed by atoms with Gasteiger partial charge in [0.2, 0.25) is 0 Å². The van der Waals surface area contributed by atoms with Gasteiger partial charge in [-0.2, -0.15) is 0 Å². The molecule has 0 unspecified atom stereocenters. The molecule has 0 saturated heterocycles. The molecule has 0 aliphatic carbocycles. The molecular weight excluding hydrogens is 164 g/mol. The molecule has 2 nitrogen and oxygen atoms in total. The van der Waals surface area contributed by atoms with Crippen LogP contribution < -0.4 is 0 Å². The minimum Gasteiger partial charge on any atom is -0.458 e. The molecule has 1 aromatic carbocycles. The van der Waals surface area contributed by atoms with Crippen LogP contribution in [0.2, 0.25) is 0 Å². The van der Waals surface area contributed by atoms with Gasteiger partial charge in [-0.05, 0) is 19.9 Å². The summed E-state index contributed by atoms with van der Waals surface area (Å²) in [6.45, 7) is 3.68. The van der Waals surface area contributed by atoms with Crippen molar-refractivity contribution in [1.29, 1.82) is 0 Å². The highest BCUT2D eigenvalue weighted by Gasteiger charge is 2.13. The smallest absolute Gasteiger partial charge is 0.136 e. The second-order valence-electron chi connectivity index (χ2n) is 3.26. The third-order valence-electron chi connectivity index (χ3n) is 2.26. The van der Waals surface area contributed by atoms with Crippen molar-refractivity contribution in [3.8, 4) is 0 Å². The lowest BCUT2D eigenvalue weighted by Gasteiger charge is -1.99. The van der Waals surface area contributed by atoms with Crippen molar-refractivity contribution in [3.05, 3.63) is 35.6 Å². The summed E-state index contributed by atoms with van der Waals surface area (Å²) in [5.74, 6) is 0.668. The second kappa shape index (κ2) is 2.89. The number of para-hydroxylation sites is 1. The Morgan fingerprint density at radius 2 is 2.00 bits per heavy atom. The van der Waals surface area contributed by atoms with Gasteiger partial charge >= 0.3 is 0 Å². The third kappa shape index (κ3) is 1.23. The number of aliphatic hydroxyl groups excluding tert-OH is 1. The summed E-state index contributed by atoms with van der Waals surface area (Å²) in [4.78, 5) is 0. The van der Waals surface area contributed by atoms with Crippen molar-refractivity contribution >= 4 is 11.0 Å². The van der Waals surface area contributed by atoms with Gasteiger partial charge in [-0.1, -0.05) is 18.2 Å². The topological polar surface area (TPSA) is 33.4 Å². The molecule has 1 atom stereocenters. The molecule has 2 heteroatoms.